The number of hydrogen-bond acceptors (Lipinski definition) is 5. The standard InChI is InChI=1S/C18H27N5O5/c1-11(19)15(24)23-14(10-12-6-3-2-4-7-12)16(25)22-13(17(26)27)8-5-9-21-18(20)28/h2-4,6-7,11,13-14H,5,8-10,19H2,1H3,(H,22,25)(H,23,24)(H,26,27)(H3,20,21,28)/t11-,13-,14-/m0/s1. The van der Waals surface area contributed by atoms with E-state index in [1.807, 2.05) is 6.07 Å². The van der Waals surface area contributed by atoms with Crippen LogP contribution in [0.4, 0.5) is 4.79 Å². The highest BCUT2D eigenvalue weighted by Crippen LogP contribution is 2.05. The fourth-order valence-corrected chi connectivity index (χ4v) is 2.41. The first-order valence-corrected chi connectivity index (χ1v) is 8.87. The Morgan fingerprint density at radius 1 is 1.04 bits per heavy atom. The molecule has 4 amide bonds. The van der Waals surface area contributed by atoms with E-state index < -0.39 is 41.9 Å². The Kier molecular flexibility index (Phi) is 9.44. The van der Waals surface area contributed by atoms with Crippen LogP contribution in [0.2, 0.25) is 0 Å². The summed E-state index contributed by atoms with van der Waals surface area (Å²) in [4.78, 5) is 46.7. The molecule has 1 aromatic carbocycles. The Bertz CT molecular complexity index is 680. The van der Waals surface area contributed by atoms with Gasteiger partial charge in [-0.05, 0) is 25.3 Å². The lowest BCUT2D eigenvalue weighted by atomic mass is 10.0. The number of carbonyl (C=O) groups excluding carboxylic acids is 3. The maximum atomic E-state index is 12.6. The van der Waals surface area contributed by atoms with Crippen molar-refractivity contribution in [2.75, 3.05) is 6.54 Å². The third kappa shape index (κ3) is 8.49. The predicted octanol–water partition coefficient (Wildman–Crippen LogP) is -0.921. The van der Waals surface area contributed by atoms with Crippen molar-refractivity contribution in [1.29, 1.82) is 0 Å². The van der Waals surface area contributed by atoms with Gasteiger partial charge >= 0.3 is 12.0 Å². The van der Waals surface area contributed by atoms with Gasteiger partial charge in [0.25, 0.3) is 0 Å². The van der Waals surface area contributed by atoms with Crippen molar-refractivity contribution >= 4 is 23.8 Å². The molecule has 0 heterocycles. The molecule has 154 valence electrons. The second kappa shape index (κ2) is 11.5. The van der Waals surface area contributed by atoms with E-state index in [1.54, 1.807) is 24.3 Å². The molecule has 0 aromatic heterocycles. The van der Waals surface area contributed by atoms with Crippen molar-refractivity contribution in [2.24, 2.45) is 11.5 Å². The monoisotopic (exact) mass is 393 g/mol. The molecular formula is C18H27N5O5. The highest BCUT2D eigenvalue weighted by Gasteiger charge is 2.27. The molecule has 0 saturated heterocycles. The topological polar surface area (TPSA) is 177 Å². The van der Waals surface area contributed by atoms with Crippen molar-refractivity contribution in [3.8, 4) is 0 Å². The highest BCUT2D eigenvalue weighted by atomic mass is 16.4. The van der Waals surface area contributed by atoms with E-state index in [9.17, 15) is 24.3 Å². The number of rotatable bonds is 11. The van der Waals surface area contributed by atoms with Gasteiger partial charge in [0.15, 0.2) is 0 Å². The van der Waals surface area contributed by atoms with Gasteiger partial charge in [-0.2, -0.15) is 0 Å². The SMILES string of the molecule is C[C@H](N)C(=O)N[C@@H](Cc1ccccc1)C(=O)N[C@@H](CCCNC(N)=O)C(=O)O. The van der Waals surface area contributed by atoms with Gasteiger partial charge in [-0.15, -0.1) is 0 Å². The quantitative estimate of drug-likeness (QED) is 0.265. The second-order valence-corrected chi connectivity index (χ2v) is 6.37. The molecule has 0 aliphatic rings. The average molecular weight is 393 g/mol. The first-order valence-electron chi connectivity index (χ1n) is 8.87. The molecule has 1 aromatic rings. The molecule has 0 aliphatic heterocycles. The van der Waals surface area contributed by atoms with Crippen LogP contribution in [-0.2, 0) is 20.8 Å². The molecule has 8 N–H and O–H groups in total. The van der Waals surface area contributed by atoms with Crippen molar-refractivity contribution in [3.63, 3.8) is 0 Å². The minimum Gasteiger partial charge on any atom is -0.480 e. The number of amides is 4. The van der Waals surface area contributed by atoms with E-state index >= 15 is 0 Å². The number of hydrogen-bond donors (Lipinski definition) is 6. The minimum atomic E-state index is -1.22. The van der Waals surface area contributed by atoms with E-state index in [-0.39, 0.29) is 19.4 Å². The van der Waals surface area contributed by atoms with Crippen LogP contribution >= 0.6 is 0 Å². The van der Waals surface area contributed by atoms with Gasteiger partial charge in [0.05, 0.1) is 6.04 Å². The molecule has 0 radical (unpaired) electrons. The summed E-state index contributed by atoms with van der Waals surface area (Å²) in [5.41, 5.74) is 11.3. The summed E-state index contributed by atoms with van der Waals surface area (Å²) < 4.78 is 0. The highest BCUT2D eigenvalue weighted by molar-refractivity contribution is 5.91. The van der Waals surface area contributed by atoms with Gasteiger partial charge in [-0.25, -0.2) is 9.59 Å². The fraction of sp³-hybridized carbons (Fsp3) is 0.444. The van der Waals surface area contributed by atoms with Gasteiger partial charge in [-0.3, -0.25) is 9.59 Å². The lowest BCUT2D eigenvalue weighted by molar-refractivity contribution is -0.142. The summed E-state index contributed by atoms with van der Waals surface area (Å²) in [6, 6.07) is 5.32. The van der Waals surface area contributed by atoms with E-state index in [0.717, 1.165) is 5.56 Å². The minimum absolute atomic E-state index is 0.0840. The van der Waals surface area contributed by atoms with Gasteiger partial charge in [0.2, 0.25) is 11.8 Å². The van der Waals surface area contributed by atoms with E-state index in [4.69, 9.17) is 11.5 Å². The number of carboxylic acids is 1. The van der Waals surface area contributed by atoms with Crippen molar-refractivity contribution < 1.29 is 24.3 Å². The zero-order chi connectivity index (χ0) is 21.1. The molecule has 3 atom stereocenters. The van der Waals surface area contributed by atoms with Crippen LogP contribution in [0.1, 0.15) is 25.3 Å². The number of aliphatic carboxylic acids is 1. The molecule has 0 fully saturated rings. The van der Waals surface area contributed by atoms with Gasteiger partial charge in [-0.1, -0.05) is 30.3 Å². The fourth-order valence-electron chi connectivity index (χ4n) is 2.41. The van der Waals surface area contributed by atoms with Crippen LogP contribution in [0.25, 0.3) is 0 Å². The molecule has 0 saturated carbocycles. The Labute approximate surface area is 163 Å². The molecule has 0 spiro atoms. The van der Waals surface area contributed by atoms with Crippen LogP contribution in [0, 0.1) is 0 Å². The molecule has 0 aliphatic carbocycles. The van der Waals surface area contributed by atoms with Crippen molar-refractivity contribution in [1.82, 2.24) is 16.0 Å². The molecule has 1 rings (SSSR count). The number of benzene rings is 1. The number of nitrogens with one attached hydrogen (secondary N) is 3. The van der Waals surface area contributed by atoms with Crippen LogP contribution < -0.4 is 27.4 Å². The molecule has 10 nitrogen and oxygen atoms in total. The predicted molar refractivity (Wildman–Crippen MR) is 102 cm³/mol. The average Bonchev–Trinajstić information content (AvgIpc) is 2.63. The van der Waals surface area contributed by atoms with E-state index in [1.165, 1.54) is 6.92 Å². The Morgan fingerprint density at radius 2 is 1.64 bits per heavy atom. The normalized spacial score (nSPS) is 13.6. The Balaban J connectivity index is 2.79. The molecule has 0 bridgehead atoms. The summed E-state index contributed by atoms with van der Waals surface area (Å²) >= 11 is 0. The van der Waals surface area contributed by atoms with Crippen LogP contribution in [0.5, 0.6) is 0 Å². The lowest BCUT2D eigenvalue weighted by Crippen LogP contribution is -2.54. The lowest BCUT2D eigenvalue weighted by Gasteiger charge is -2.22. The zero-order valence-electron chi connectivity index (χ0n) is 15.7. The summed E-state index contributed by atoms with van der Waals surface area (Å²) in [6.07, 6.45) is 0.567. The van der Waals surface area contributed by atoms with Crippen molar-refractivity contribution in [2.45, 2.75) is 44.3 Å². The van der Waals surface area contributed by atoms with Gasteiger partial charge in [0, 0.05) is 13.0 Å². The third-order valence-corrected chi connectivity index (χ3v) is 3.91. The third-order valence-electron chi connectivity index (χ3n) is 3.91. The first kappa shape index (κ1) is 22.9. The Morgan fingerprint density at radius 3 is 2.18 bits per heavy atom. The van der Waals surface area contributed by atoms with Crippen molar-refractivity contribution in [3.05, 3.63) is 35.9 Å². The van der Waals surface area contributed by atoms with Gasteiger partial charge < -0.3 is 32.5 Å². The number of carboxylic acid groups (broad SMARTS) is 1. The number of urea groups is 1. The molecule has 10 heteroatoms. The maximum absolute atomic E-state index is 12.6. The second-order valence-electron chi connectivity index (χ2n) is 6.37. The molecule has 0 unspecified atom stereocenters. The Hall–Kier alpha value is -3.14. The van der Waals surface area contributed by atoms with E-state index in [2.05, 4.69) is 16.0 Å². The van der Waals surface area contributed by atoms with Gasteiger partial charge in [0.1, 0.15) is 12.1 Å². The number of carbonyl (C=O) groups is 4. The summed E-state index contributed by atoms with van der Waals surface area (Å²) in [5.74, 6) is -2.37. The van der Waals surface area contributed by atoms with E-state index in [0.29, 0.717) is 6.42 Å². The zero-order valence-corrected chi connectivity index (χ0v) is 15.7. The summed E-state index contributed by atoms with van der Waals surface area (Å²) in [5, 5.41) is 16.7. The molecule has 28 heavy (non-hydrogen) atoms. The number of nitrogens with two attached hydrogens (primary N) is 2. The van der Waals surface area contributed by atoms with Crippen LogP contribution in [0.3, 0.4) is 0 Å². The summed E-state index contributed by atoms with van der Waals surface area (Å²) in [7, 11) is 0. The number of primary amides is 1. The largest absolute Gasteiger partial charge is 0.480 e. The smallest absolute Gasteiger partial charge is 0.326 e. The van der Waals surface area contributed by atoms with Crippen LogP contribution in [0.15, 0.2) is 30.3 Å². The molecular weight excluding hydrogens is 366 g/mol. The van der Waals surface area contributed by atoms with Crippen LogP contribution in [-0.4, -0.2) is 53.6 Å². The maximum Gasteiger partial charge on any atom is 0.326 e. The summed E-state index contributed by atoms with van der Waals surface area (Å²) in [6.45, 7) is 1.67. The first-order chi connectivity index (χ1) is 13.2.